The molecule has 2 aromatic carbocycles. The predicted octanol–water partition coefficient (Wildman–Crippen LogP) is 3.62. The zero-order valence-corrected chi connectivity index (χ0v) is 17.8. The average Bonchev–Trinajstić information content (AvgIpc) is 3.13. The number of rotatable bonds is 4. The number of aliphatic hydroxyl groups is 1. The molecule has 7 heteroatoms. The van der Waals surface area contributed by atoms with Gasteiger partial charge in [0.2, 0.25) is 0 Å². The second-order valence-electron chi connectivity index (χ2n) is 8.56. The Balaban J connectivity index is 1.26. The van der Waals surface area contributed by atoms with E-state index in [1.807, 2.05) is 6.07 Å². The quantitative estimate of drug-likeness (QED) is 0.472. The molecule has 0 unspecified atom stereocenters. The van der Waals surface area contributed by atoms with Crippen LogP contribution in [-0.4, -0.2) is 33.4 Å². The predicted molar refractivity (Wildman–Crippen MR) is 120 cm³/mol. The summed E-state index contributed by atoms with van der Waals surface area (Å²) in [5.41, 5.74) is 0.398. The second kappa shape index (κ2) is 7.94. The largest absolute Gasteiger partial charge is 0.450 e. The van der Waals surface area contributed by atoms with E-state index in [0.29, 0.717) is 35.2 Å². The summed E-state index contributed by atoms with van der Waals surface area (Å²) in [7, 11) is 0. The Morgan fingerprint density at radius 3 is 2.27 bits per heavy atom. The van der Waals surface area contributed by atoms with Gasteiger partial charge in [-0.1, -0.05) is 30.3 Å². The standard InChI is InChI=1S/C26H22N2O5/c29-22(17-4-2-1-3-5-17)18-6-8-19(9-7-18)28-24(31)25(32)11-13-26(14-12-25)21-10-15-27-16-20(21)23(30)33-26/h1-10,15-16,32H,11-14H2,(H,28,31)/t25-,26-. The first kappa shape index (κ1) is 21.0. The van der Waals surface area contributed by atoms with E-state index in [9.17, 15) is 19.5 Å². The van der Waals surface area contributed by atoms with E-state index >= 15 is 0 Å². The fourth-order valence-corrected chi connectivity index (χ4v) is 4.62. The highest BCUT2D eigenvalue weighted by molar-refractivity contribution is 6.09. The smallest absolute Gasteiger partial charge is 0.341 e. The molecule has 2 heterocycles. The van der Waals surface area contributed by atoms with Crippen molar-refractivity contribution in [2.45, 2.75) is 36.9 Å². The number of aromatic nitrogens is 1. The number of hydrogen-bond donors (Lipinski definition) is 2. The Hall–Kier alpha value is -3.84. The van der Waals surface area contributed by atoms with Crippen LogP contribution in [0, 0.1) is 0 Å². The minimum Gasteiger partial charge on any atom is -0.450 e. The van der Waals surface area contributed by atoms with Gasteiger partial charge in [-0.3, -0.25) is 14.6 Å². The van der Waals surface area contributed by atoms with Gasteiger partial charge in [-0.2, -0.15) is 0 Å². The van der Waals surface area contributed by atoms with Gasteiger partial charge in [0.15, 0.2) is 5.78 Å². The summed E-state index contributed by atoms with van der Waals surface area (Å²) in [5, 5.41) is 13.8. The summed E-state index contributed by atoms with van der Waals surface area (Å²) < 4.78 is 5.67. The van der Waals surface area contributed by atoms with Crippen molar-refractivity contribution in [3.05, 3.63) is 95.3 Å². The lowest BCUT2D eigenvalue weighted by Crippen LogP contribution is -2.49. The molecule has 0 radical (unpaired) electrons. The van der Waals surface area contributed by atoms with Gasteiger partial charge in [0.1, 0.15) is 11.2 Å². The van der Waals surface area contributed by atoms with E-state index in [4.69, 9.17) is 4.74 Å². The molecule has 1 aliphatic carbocycles. The Morgan fingerprint density at radius 1 is 0.909 bits per heavy atom. The molecule has 2 aliphatic rings. The number of carbonyl (C=O) groups excluding carboxylic acids is 3. The number of fused-ring (bicyclic) bond motifs is 2. The first-order valence-corrected chi connectivity index (χ1v) is 10.8. The van der Waals surface area contributed by atoms with Crippen molar-refractivity contribution < 1.29 is 24.2 Å². The summed E-state index contributed by atoms with van der Waals surface area (Å²) in [6.07, 6.45) is 4.08. The number of esters is 1. The molecule has 0 saturated heterocycles. The van der Waals surface area contributed by atoms with Gasteiger partial charge in [0.25, 0.3) is 5.91 Å². The first-order valence-electron chi connectivity index (χ1n) is 10.8. The molecular weight excluding hydrogens is 420 g/mol. The van der Waals surface area contributed by atoms with Gasteiger partial charge in [-0.05, 0) is 56.0 Å². The van der Waals surface area contributed by atoms with Crippen LogP contribution in [0.5, 0.6) is 0 Å². The van der Waals surface area contributed by atoms with Crippen LogP contribution in [0.2, 0.25) is 0 Å². The van der Waals surface area contributed by atoms with Gasteiger partial charge in [0, 0.05) is 34.8 Å². The monoisotopic (exact) mass is 442 g/mol. The molecule has 1 amide bonds. The molecule has 2 N–H and O–H groups in total. The average molecular weight is 442 g/mol. The van der Waals surface area contributed by atoms with Crippen LogP contribution < -0.4 is 5.32 Å². The van der Waals surface area contributed by atoms with Gasteiger partial charge >= 0.3 is 5.97 Å². The van der Waals surface area contributed by atoms with E-state index in [2.05, 4.69) is 10.3 Å². The first-order chi connectivity index (χ1) is 15.9. The molecule has 33 heavy (non-hydrogen) atoms. The van der Waals surface area contributed by atoms with Crippen LogP contribution in [0.15, 0.2) is 73.1 Å². The van der Waals surface area contributed by atoms with Crippen molar-refractivity contribution in [3.8, 4) is 0 Å². The van der Waals surface area contributed by atoms with E-state index in [-0.39, 0.29) is 18.6 Å². The van der Waals surface area contributed by atoms with E-state index in [0.717, 1.165) is 5.56 Å². The van der Waals surface area contributed by atoms with Gasteiger partial charge in [-0.25, -0.2) is 4.79 Å². The Morgan fingerprint density at radius 2 is 1.58 bits per heavy atom. The Kier molecular flexibility index (Phi) is 5.06. The fraction of sp³-hybridized carbons (Fsp3) is 0.231. The number of amides is 1. The summed E-state index contributed by atoms with van der Waals surface area (Å²) in [6.45, 7) is 0. The molecule has 0 atom stereocenters. The van der Waals surface area contributed by atoms with Crippen LogP contribution in [0.1, 0.15) is 57.5 Å². The van der Waals surface area contributed by atoms with E-state index in [1.165, 1.54) is 6.20 Å². The molecule has 3 aromatic rings. The maximum absolute atomic E-state index is 12.9. The number of nitrogens with one attached hydrogen (secondary N) is 1. The number of pyridine rings is 1. The van der Waals surface area contributed by atoms with Crippen LogP contribution in [0.25, 0.3) is 0 Å². The van der Waals surface area contributed by atoms with Crippen molar-refractivity contribution in [1.82, 2.24) is 4.98 Å². The number of nitrogens with zero attached hydrogens (tertiary/aromatic N) is 1. The fourth-order valence-electron chi connectivity index (χ4n) is 4.62. The van der Waals surface area contributed by atoms with Crippen molar-refractivity contribution in [2.24, 2.45) is 0 Å². The third-order valence-corrected chi connectivity index (χ3v) is 6.57. The number of hydrogen-bond acceptors (Lipinski definition) is 6. The zero-order valence-electron chi connectivity index (χ0n) is 17.8. The van der Waals surface area contributed by atoms with Crippen LogP contribution in [-0.2, 0) is 15.1 Å². The summed E-state index contributed by atoms with van der Waals surface area (Å²) in [6, 6.07) is 17.3. The third kappa shape index (κ3) is 3.70. The minimum atomic E-state index is -1.58. The molecule has 1 saturated carbocycles. The van der Waals surface area contributed by atoms with Gasteiger partial charge < -0.3 is 15.2 Å². The van der Waals surface area contributed by atoms with Crippen molar-refractivity contribution in [3.63, 3.8) is 0 Å². The van der Waals surface area contributed by atoms with Crippen LogP contribution in [0.3, 0.4) is 0 Å². The van der Waals surface area contributed by atoms with Crippen LogP contribution in [0.4, 0.5) is 5.69 Å². The molecule has 1 aliphatic heterocycles. The SMILES string of the molecule is O=C(c1ccccc1)c1ccc(NC(=O)[C@]2(O)CC[C@@]3(CC2)OC(=O)c2cnccc23)cc1. The lowest BCUT2D eigenvalue weighted by atomic mass is 9.72. The highest BCUT2D eigenvalue weighted by Crippen LogP contribution is 2.49. The normalized spacial score (nSPS) is 23.6. The number of ether oxygens (including phenoxy) is 1. The summed E-state index contributed by atoms with van der Waals surface area (Å²) in [4.78, 5) is 41.6. The summed E-state index contributed by atoms with van der Waals surface area (Å²) >= 11 is 0. The maximum Gasteiger partial charge on any atom is 0.341 e. The van der Waals surface area contributed by atoms with Gasteiger partial charge in [-0.15, -0.1) is 0 Å². The minimum absolute atomic E-state index is 0.105. The lowest BCUT2D eigenvalue weighted by molar-refractivity contribution is -0.144. The van der Waals surface area contributed by atoms with E-state index in [1.54, 1.807) is 60.8 Å². The number of carbonyl (C=O) groups is 3. The molecular formula is C26H22N2O5. The third-order valence-electron chi connectivity index (χ3n) is 6.57. The number of anilines is 1. The molecule has 7 nitrogen and oxygen atoms in total. The van der Waals surface area contributed by atoms with Crippen molar-refractivity contribution >= 4 is 23.3 Å². The van der Waals surface area contributed by atoms with Crippen molar-refractivity contribution in [1.29, 1.82) is 0 Å². The molecule has 1 spiro atoms. The van der Waals surface area contributed by atoms with Crippen molar-refractivity contribution in [2.75, 3.05) is 5.32 Å². The molecule has 1 aromatic heterocycles. The van der Waals surface area contributed by atoms with E-state index < -0.39 is 23.1 Å². The lowest BCUT2D eigenvalue weighted by Gasteiger charge is -2.40. The van der Waals surface area contributed by atoms with Crippen LogP contribution >= 0.6 is 0 Å². The Bertz CT molecular complexity index is 1230. The highest BCUT2D eigenvalue weighted by Gasteiger charge is 2.52. The zero-order chi connectivity index (χ0) is 23.1. The van der Waals surface area contributed by atoms with Gasteiger partial charge in [0.05, 0.1) is 5.56 Å². The highest BCUT2D eigenvalue weighted by atomic mass is 16.6. The molecule has 0 bridgehead atoms. The maximum atomic E-state index is 12.9. The number of ketones is 1. The molecule has 5 rings (SSSR count). The molecule has 1 fully saturated rings. The number of benzene rings is 2. The summed E-state index contributed by atoms with van der Waals surface area (Å²) in [5.74, 6) is -1.04. The Labute approximate surface area is 190 Å². The topological polar surface area (TPSA) is 106 Å². The molecule has 166 valence electrons. The second-order valence-corrected chi connectivity index (χ2v) is 8.56.